The molecule has 1 aliphatic rings. The number of halogens is 1. The van der Waals surface area contributed by atoms with Crippen LogP contribution in [0, 0.1) is 6.92 Å². The van der Waals surface area contributed by atoms with Gasteiger partial charge in [-0.1, -0.05) is 0 Å². The monoisotopic (exact) mass is 211 g/mol. The van der Waals surface area contributed by atoms with E-state index < -0.39 is 6.17 Å². The summed E-state index contributed by atoms with van der Waals surface area (Å²) in [5.41, 5.74) is 2.39. The van der Waals surface area contributed by atoms with Gasteiger partial charge in [0.1, 0.15) is 6.17 Å². The fourth-order valence-corrected chi connectivity index (χ4v) is 2.18. The minimum Gasteiger partial charge on any atom is -0.308 e. The van der Waals surface area contributed by atoms with Gasteiger partial charge in [0.05, 0.1) is 11.9 Å². The fourth-order valence-electron chi connectivity index (χ4n) is 2.18. The maximum absolute atomic E-state index is 12.9. The van der Waals surface area contributed by atoms with Crippen molar-refractivity contribution in [2.24, 2.45) is 7.05 Å². The molecule has 1 fully saturated rings. The Balaban J connectivity index is 1.88. The Kier molecular flexibility index (Phi) is 3.05. The molecule has 15 heavy (non-hydrogen) atoms. The van der Waals surface area contributed by atoms with Crippen LogP contribution in [0.5, 0.6) is 0 Å². The van der Waals surface area contributed by atoms with Crippen LogP contribution in [-0.2, 0) is 13.6 Å². The molecule has 4 heteroatoms. The molecule has 84 valence electrons. The largest absolute Gasteiger partial charge is 0.308 e. The first-order chi connectivity index (χ1) is 7.16. The molecule has 0 aliphatic heterocycles. The number of nitrogens with one attached hydrogen (secondary N) is 1. The summed E-state index contributed by atoms with van der Waals surface area (Å²) >= 11 is 0. The zero-order valence-corrected chi connectivity index (χ0v) is 9.33. The molecule has 0 bridgehead atoms. The Morgan fingerprint density at radius 3 is 2.93 bits per heavy atom. The van der Waals surface area contributed by atoms with Crippen LogP contribution in [0.2, 0.25) is 0 Å². The topological polar surface area (TPSA) is 29.9 Å². The molecule has 1 N–H and O–H groups in total. The minimum atomic E-state index is -0.602. The second-order valence-electron chi connectivity index (χ2n) is 4.39. The van der Waals surface area contributed by atoms with E-state index >= 15 is 0 Å². The van der Waals surface area contributed by atoms with E-state index in [1.54, 1.807) is 0 Å². The summed E-state index contributed by atoms with van der Waals surface area (Å²) in [4.78, 5) is 0. The third-order valence-electron chi connectivity index (χ3n) is 3.20. The van der Waals surface area contributed by atoms with Gasteiger partial charge in [0.25, 0.3) is 0 Å². The normalized spacial score (nSPS) is 26.1. The van der Waals surface area contributed by atoms with Crippen LogP contribution in [0.3, 0.4) is 0 Å². The van der Waals surface area contributed by atoms with Crippen LogP contribution in [0.25, 0.3) is 0 Å². The number of hydrogen-bond acceptors (Lipinski definition) is 2. The van der Waals surface area contributed by atoms with Crippen LogP contribution in [0.1, 0.15) is 30.5 Å². The number of aryl methyl sites for hydroxylation is 2. The maximum atomic E-state index is 12.9. The summed E-state index contributed by atoms with van der Waals surface area (Å²) in [6.45, 7) is 2.84. The molecule has 0 radical (unpaired) electrons. The van der Waals surface area contributed by atoms with Crippen molar-refractivity contribution in [3.8, 4) is 0 Å². The van der Waals surface area contributed by atoms with Crippen molar-refractivity contribution in [3.05, 3.63) is 17.5 Å². The summed E-state index contributed by atoms with van der Waals surface area (Å²) in [6, 6.07) is 0.342. The average Bonchev–Trinajstić information content (AvgIpc) is 2.73. The predicted molar refractivity (Wildman–Crippen MR) is 57.3 cm³/mol. The highest BCUT2D eigenvalue weighted by Gasteiger charge is 2.23. The van der Waals surface area contributed by atoms with Crippen LogP contribution < -0.4 is 5.32 Å². The van der Waals surface area contributed by atoms with Gasteiger partial charge in [-0.25, -0.2) is 4.39 Å². The number of alkyl halides is 1. The van der Waals surface area contributed by atoms with Gasteiger partial charge in [-0.05, 0) is 31.7 Å². The lowest BCUT2D eigenvalue weighted by molar-refractivity contribution is 0.333. The molecule has 0 aromatic carbocycles. The zero-order chi connectivity index (χ0) is 10.8. The lowest BCUT2D eigenvalue weighted by atomic mass is 10.2. The lowest BCUT2D eigenvalue weighted by Crippen LogP contribution is -2.27. The van der Waals surface area contributed by atoms with E-state index in [1.807, 2.05) is 17.9 Å². The van der Waals surface area contributed by atoms with E-state index in [0.29, 0.717) is 18.9 Å². The lowest BCUT2D eigenvalue weighted by Gasteiger charge is -2.12. The van der Waals surface area contributed by atoms with Gasteiger partial charge >= 0.3 is 0 Å². The quantitative estimate of drug-likeness (QED) is 0.825. The van der Waals surface area contributed by atoms with Crippen LogP contribution >= 0.6 is 0 Å². The van der Waals surface area contributed by atoms with E-state index in [1.165, 1.54) is 11.3 Å². The molecular formula is C11H18FN3. The highest BCUT2D eigenvalue weighted by Crippen LogP contribution is 2.22. The summed E-state index contributed by atoms with van der Waals surface area (Å²) in [6.07, 6.45) is 3.59. The highest BCUT2D eigenvalue weighted by molar-refractivity contribution is 5.15. The van der Waals surface area contributed by atoms with Gasteiger partial charge < -0.3 is 5.32 Å². The van der Waals surface area contributed by atoms with Gasteiger partial charge in [0.2, 0.25) is 0 Å². The standard InChI is InChI=1S/C11H18FN3/c1-8-6-14-15(2)11(8)7-13-10-4-3-9(12)5-10/h6,9-10,13H,3-5,7H2,1-2H3/t9-,10-/m1/s1. The van der Waals surface area contributed by atoms with Gasteiger partial charge in [0, 0.05) is 19.6 Å². The SMILES string of the molecule is Cc1cnn(C)c1CN[C@@H]1CC[C@@H](F)C1. The van der Waals surface area contributed by atoms with Crippen LogP contribution in [0.4, 0.5) is 4.39 Å². The van der Waals surface area contributed by atoms with Gasteiger partial charge in [0.15, 0.2) is 0 Å². The number of aromatic nitrogens is 2. The van der Waals surface area contributed by atoms with Gasteiger partial charge in [-0.3, -0.25) is 4.68 Å². The first kappa shape index (κ1) is 10.6. The van der Waals surface area contributed by atoms with Crippen molar-refractivity contribution in [1.82, 2.24) is 15.1 Å². The van der Waals surface area contributed by atoms with Crippen molar-refractivity contribution in [3.63, 3.8) is 0 Å². The van der Waals surface area contributed by atoms with E-state index in [0.717, 1.165) is 13.0 Å². The first-order valence-electron chi connectivity index (χ1n) is 5.51. The van der Waals surface area contributed by atoms with Crippen LogP contribution in [0.15, 0.2) is 6.20 Å². The molecule has 1 saturated carbocycles. The van der Waals surface area contributed by atoms with Gasteiger partial charge in [-0.15, -0.1) is 0 Å². The van der Waals surface area contributed by atoms with E-state index in [4.69, 9.17) is 0 Å². The van der Waals surface area contributed by atoms with E-state index in [2.05, 4.69) is 17.3 Å². The fraction of sp³-hybridized carbons (Fsp3) is 0.727. The Labute approximate surface area is 89.7 Å². The smallest absolute Gasteiger partial charge is 0.102 e. The maximum Gasteiger partial charge on any atom is 0.102 e. The van der Waals surface area contributed by atoms with Crippen molar-refractivity contribution in [2.45, 2.75) is 44.9 Å². The second kappa shape index (κ2) is 4.31. The molecular weight excluding hydrogens is 193 g/mol. The molecule has 1 heterocycles. The minimum absolute atomic E-state index is 0.342. The van der Waals surface area contributed by atoms with Crippen LogP contribution in [-0.4, -0.2) is 22.0 Å². The second-order valence-corrected chi connectivity index (χ2v) is 4.39. The molecule has 0 unspecified atom stereocenters. The third kappa shape index (κ3) is 2.37. The molecule has 2 atom stereocenters. The highest BCUT2D eigenvalue weighted by atomic mass is 19.1. The summed E-state index contributed by atoms with van der Waals surface area (Å²) in [5, 5.41) is 7.57. The van der Waals surface area contributed by atoms with E-state index in [9.17, 15) is 4.39 Å². The molecule has 1 aromatic rings. The Morgan fingerprint density at radius 1 is 1.60 bits per heavy atom. The van der Waals surface area contributed by atoms with Crippen molar-refractivity contribution in [1.29, 1.82) is 0 Å². The Morgan fingerprint density at radius 2 is 2.40 bits per heavy atom. The number of rotatable bonds is 3. The zero-order valence-electron chi connectivity index (χ0n) is 9.33. The average molecular weight is 211 g/mol. The van der Waals surface area contributed by atoms with Crippen molar-refractivity contribution >= 4 is 0 Å². The van der Waals surface area contributed by atoms with Gasteiger partial charge in [-0.2, -0.15) is 5.10 Å². The summed E-state index contributed by atoms with van der Waals surface area (Å²) in [7, 11) is 1.94. The Bertz CT molecular complexity index is 315. The molecule has 3 nitrogen and oxygen atoms in total. The molecule has 1 aromatic heterocycles. The molecule has 1 aliphatic carbocycles. The summed E-state index contributed by atoms with van der Waals surface area (Å²) < 4.78 is 14.8. The number of hydrogen-bond donors (Lipinski definition) is 1. The molecule has 0 amide bonds. The molecule has 0 spiro atoms. The predicted octanol–water partition coefficient (Wildman–Crippen LogP) is 1.71. The Hall–Kier alpha value is -0.900. The molecule has 2 rings (SSSR count). The number of nitrogens with zero attached hydrogens (tertiary/aromatic N) is 2. The van der Waals surface area contributed by atoms with Crippen molar-refractivity contribution < 1.29 is 4.39 Å². The molecule has 0 saturated heterocycles. The van der Waals surface area contributed by atoms with E-state index in [-0.39, 0.29) is 0 Å². The first-order valence-corrected chi connectivity index (χ1v) is 5.51. The third-order valence-corrected chi connectivity index (χ3v) is 3.20. The summed E-state index contributed by atoms with van der Waals surface area (Å²) in [5.74, 6) is 0. The van der Waals surface area contributed by atoms with Crippen molar-refractivity contribution in [2.75, 3.05) is 0 Å².